The first-order valence-electron chi connectivity index (χ1n) is 5.33. The standard InChI is InChI=1S/C12H16BrNO2/c1-12(2,3)10(15)9-4-7-5-16-6-8(7)11(13)14-9/h4,10,15H,5-6H2,1-3H3/t10-/m1/s1. The Morgan fingerprint density at radius 2 is 2.12 bits per heavy atom. The summed E-state index contributed by atoms with van der Waals surface area (Å²) in [4.78, 5) is 4.40. The van der Waals surface area contributed by atoms with Crippen molar-refractivity contribution in [3.8, 4) is 0 Å². The fourth-order valence-corrected chi connectivity index (χ4v) is 2.31. The Hall–Kier alpha value is -0.450. The number of aliphatic hydroxyl groups excluding tert-OH is 1. The van der Waals surface area contributed by atoms with E-state index in [0.29, 0.717) is 18.9 Å². The minimum absolute atomic E-state index is 0.208. The van der Waals surface area contributed by atoms with Crippen molar-refractivity contribution in [2.75, 3.05) is 0 Å². The van der Waals surface area contributed by atoms with Crippen LogP contribution in [0.4, 0.5) is 0 Å². The SMILES string of the molecule is CC(C)(C)[C@H](O)c1cc2c(c(Br)n1)COC2. The molecule has 2 rings (SSSR count). The van der Waals surface area contributed by atoms with E-state index in [9.17, 15) is 5.11 Å². The van der Waals surface area contributed by atoms with Crippen molar-refractivity contribution in [2.24, 2.45) is 5.41 Å². The monoisotopic (exact) mass is 285 g/mol. The van der Waals surface area contributed by atoms with Crippen LogP contribution in [0.3, 0.4) is 0 Å². The van der Waals surface area contributed by atoms with Crippen molar-refractivity contribution >= 4 is 15.9 Å². The van der Waals surface area contributed by atoms with Crippen molar-refractivity contribution in [3.05, 3.63) is 27.5 Å². The summed E-state index contributed by atoms with van der Waals surface area (Å²) < 4.78 is 6.16. The van der Waals surface area contributed by atoms with Gasteiger partial charge in [0.25, 0.3) is 0 Å². The molecule has 0 radical (unpaired) electrons. The number of nitrogens with zero attached hydrogens (tertiary/aromatic N) is 1. The van der Waals surface area contributed by atoms with Crippen LogP contribution in [-0.4, -0.2) is 10.1 Å². The highest BCUT2D eigenvalue weighted by atomic mass is 79.9. The highest BCUT2D eigenvalue weighted by Gasteiger charge is 2.27. The van der Waals surface area contributed by atoms with Gasteiger partial charge in [0.2, 0.25) is 0 Å². The molecule has 0 saturated carbocycles. The summed E-state index contributed by atoms with van der Waals surface area (Å²) in [6, 6.07) is 1.95. The molecule has 1 aromatic rings. The Morgan fingerprint density at radius 1 is 1.44 bits per heavy atom. The summed E-state index contributed by atoms with van der Waals surface area (Å²) in [5.41, 5.74) is 2.73. The number of aromatic nitrogens is 1. The van der Waals surface area contributed by atoms with Gasteiger partial charge in [-0.25, -0.2) is 4.98 Å². The van der Waals surface area contributed by atoms with Crippen LogP contribution in [0.1, 0.15) is 43.7 Å². The Bertz CT molecular complexity index is 412. The topological polar surface area (TPSA) is 42.4 Å². The van der Waals surface area contributed by atoms with Gasteiger partial charge in [-0.2, -0.15) is 0 Å². The van der Waals surface area contributed by atoms with E-state index in [1.54, 1.807) is 0 Å². The fourth-order valence-electron chi connectivity index (χ4n) is 1.74. The maximum absolute atomic E-state index is 10.2. The molecule has 0 fully saturated rings. The van der Waals surface area contributed by atoms with Crippen LogP contribution in [-0.2, 0) is 18.0 Å². The summed E-state index contributed by atoms with van der Waals surface area (Å²) in [7, 11) is 0. The highest BCUT2D eigenvalue weighted by Crippen LogP contribution is 2.35. The molecule has 0 unspecified atom stereocenters. The first-order chi connectivity index (χ1) is 7.39. The van der Waals surface area contributed by atoms with E-state index >= 15 is 0 Å². The summed E-state index contributed by atoms with van der Waals surface area (Å²) in [6.45, 7) is 7.21. The van der Waals surface area contributed by atoms with Crippen molar-refractivity contribution in [1.29, 1.82) is 0 Å². The second-order valence-corrected chi connectivity index (χ2v) is 5.99. The van der Waals surface area contributed by atoms with Gasteiger partial charge in [-0.3, -0.25) is 0 Å². The van der Waals surface area contributed by atoms with Crippen LogP contribution in [0, 0.1) is 5.41 Å². The van der Waals surface area contributed by atoms with Crippen LogP contribution < -0.4 is 0 Å². The van der Waals surface area contributed by atoms with E-state index in [-0.39, 0.29) is 5.41 Å². The minimum Gasteiger partial charge on any atom is -0.386 e. The van der Waals surface area contributed by atoms with Crippen molar-refractivity contribution in [2.45, 2.75) is 40.1 Å². The number of aliphatic hydroxyl groups is 1. The molecule has 0 amide bonds. The number of pyridine rings is 1. The van der Waals surface area contributed by atoms with Gasteiger partial charge in [0.1, 0.15) is 10.7 Å². The Kier molecular flexibility index (Phi) is 3.07. The third kappa shape index (κ3) is 2.14. The fraction of sp³-hybridized carbons (Fsp3) is 0.583. The Balaban J connectivity index is 2.41. The molecule has 2 heterocycles. The summed E-state index contributed by atoms with van der Waals surface area (Å²) >= 11 is 3.43. The van der Waals surface area contributed by atoms with E-state index < -0.39 is 6.10 Å². The summed E-state index contributed by atoms with van der Waals surface area (Å²) in [5, 5.41) is 10.2. The number of fused-ring (bicyclic) bond motifs is 1. The lowest BCUT2D eigenvalue weighted by atomic mass is 9.86. The first-order valence-corrected chi connectivity index (χ1v) is 6.13. The Morgan fingerprint density at radius 3 is 2.75 bits per heavy atom. The van der Waals surface area contributed by atoms with Gasteiger partial charge in [-0.15, -0.1) is 0 Å². The molecule has 1 N–H and O–H groups in total. The van der Waals surface area contributed by atoms with E-state index in [1.807, 2.05) is 26.8 Å². The number of ether oxygens (including phenoxy) is 1. The lowest BCUT2D eigenvalue weighted by Gasteiger charge is -2.25. The number of hydrogen-bond donors (Lipinski definition) is 1. The van der Waals surface area contributed by atoms with E-state index in [1.165, 1.54) is 0 Å². The van der Waals surface area contributed by atoms with Gasteiger partial charge >= 0.3 is 0 Å². The normalized spacial score (nSPS) is 17.3. The molecule has 0 spiro atoms. The quantitative estimate of drug-likeness (QED) is 0.807. The lowest BCUT2D eigenvalue weighted by Crippen LogP contribution is -2.19. The number of rotatable bonds is 1. The molecule has 1 aliphatic rings. The molecule has 0 aliphatic carbocycles. The molecule has 4 heteroatoms. The highest BCUT2D eigenvalue weighted by molar-refractivity contribution is 9.10. The second-order valence-electron chi connectivity index (χ2n) is 5.24. The smallest absolute Gasteiger partial charge is 0.112 e. The predicted molar refractivity (Wildman–Crippen MR) is 64.8 cm³/mol. The van der Waals surface area contributed by atoms with Crippen LogP contribution in [0.5, 0.6) is 0 Å². The van der Waals surface area contributed by atoms with Gasteiger partial charge in [0, 0.05) is 5.56 Å². The molecule has 1 aromatic heterocycles. The van der Waals surface area contributed by atoms with Crippen LogP contribution in [0.2, 0.25) is 0 Å². The molecule has 0 saturated heterocycles. The van der Waals surface area contributed by atoms with Gasteiger partial charge in [-0.1, -0.05) is 20.8 Å². The Labute approximate surface area is 104 Å². The zero-order valence-electron chi connectivity index (χ0n) is 9.75. The molecule has 88 valence electrons. The van der Waals surface area contributed by atoms with E-state index in [0.717, 1.165) is 15.7 Å². The zero-order chi connectivity index (χ0) is 11.9. The number of hydrogen-bond acceptors (Lipinski definition) is 3. The number of halogens is 1. The molecule has 3 nitrogen and oxygen atoms in total. The summed E-state index contributed by atoms with van der Waals surface area (Å²) in [5.74, 6) is 0. The molecular formula is C12H16BrNO2. The average molecular weight is 286 g/mol. The zero-order valence-corrected chi connectivity index (χ0v) is 11.3. The van der Waals surface area contributed by atoms with Gasteiger partial charge in [-0.05, 0) is 33.0 Å². The van der Waals surface area contributed by atoms with Crippen LogP contribution in [0.25, 0.3) is 0 Å². The van der Waals surface area contributed by atoms with Gasteiger partial charge < -0.3 is 9.84 Å². The lowest BCUT2D eigenvalue weighted by molar-refractivity contribution is 0.0587. The van der Waals surface area contributed by atoms with Gasteiger partial charge in [0.15, 0.2) is 0 Å². The average Bonchev–Trinajstić information content (AvgIpc) is 2.63. The molecule has 1 atom stereocenters. The maximum atomic E-state index is 10.2. The van der Waals surface area contributed by atoms with Crippen molar-refractivity contribution < 1.29 is 9.84 Å². The van der Waals surface area contributed by atoms with E-state index in [2.05, 4.69) is 20.9 Å². The molecule has 0 bridgehead atoms. The predicted octanol–water partition coefficient (Wildman–Crippen LogP) is 2.95. The van der Waals surface area contributed by atoms with E-state index in [4.69, 9.17) is 4.74 Å². The molecular weight excluding hydrogens is 270 g/mol. The largest absolute Gasteiger partial charge is 0.386 e. The third-order valence-electron chi connectivity index (χ3n) is 2.79. The third-order valence-corrected chi connectivity index (χ3v) is 3.45. The summed E-state index contributed by atoms with van der Waals surface area (Å²) in [6.07, 6.45) is -0.560. The second kappa shape index (κ2) is 4.09. The molecule has 0 aromatic carbocycles. The molecule has 16 heavy (non-hydrogen) atoms. The van der Waals surface area contributed by atoms with Crippen LogP contribution >= 0.6 is 15.9 Å². The van der Waals surface area contributed by atoms with Crippen LogP contribution in [0.15, 0.2) is 10.7 Å². The maximum Gasteiger partial charge on any atom is 0.112 e. The van der Waals surface area contributed by atoms with Gasteiger partial charge in [0.05, 0.1) is 18.9 Å². The minimum atomic E-state index is -0.560. The molecule has 1 aliphatic heterocycles. The van der Waals surface area contributed by atoms with Crippen molar-refractivity contribution in [3.63, 3.8) is 0 Å². The first kappa shape index (κ1) is 12.0. The van der Waals surface area contributed by atoms with Crippen molar-refractivity contribution in [1.82, 2.24) is 4.98 Å².